The molecule has 0 aliphatic carbocycles. The summed E-state index contributed by atoms with van der Waals surface area (Å²) in [5.74, 6) is -0.379. The second kappa shape index (κ2) is 4.69. The summed E-state index contributed by atoms with van der Waals surface area (Å²) in [5.41, 5.74) is 1.09. The fraction of sp³-hybridized carbons (Fsp3) is 0.167. The summed E-state index contributed by atoms with van der Waals surface area (Å²) in [6, 6.07) is 7.04. The molecule has 2 heterocycles. The van der Waals surface area contributed by atoms with Crippen molar-refractivity contribution in [1.82, 2.24) is 9.55 Å². The van der Waals surface area contributed by atoms with Crippen LogP contribution in [-0.4, -0.2) is 27.7 Å². The molecule has 88 valence electrons. The van der Waals surface area contributed by atoms with E-state index in [1.165, 1.54) is 0 Å². The normalized spacial score (nSPS) is 10.2. The van der Waals surface area contributed by atoms with E-state index in [2.05, 4.69) is 4.98 Å². The van der Waals surface area contributed by atoms with E-state index in [0.29, 0.717) is 12.4 Å². The van der Waals surface area contributed by atoms with Gasteiger partial charge >= 0.3 is 5.97 Å². The van der Waals surface area contributed by atoms with Crippen molar-refractivity contribution in [3.05, 3.63) is 47.9 Å². The molecular formula is C12H12N2O3. The lowest BCUT2D eigenvalue weighted by molar-refractivity contribution is 0.0697. The lowest BCUT2D eigenvalue weighted by Crippen LogP contribution is -2.01. The van der Waals surface area contributed by atoms with Crippen LogP contribution in [0.4, 0.5) is 0 Å². The van der Waals surface area contributed by atoms with Gasteiger partial charge in [0.05, 0.1) is 24.9 Å². The first-order valence-corrected chi connectivity index (χ1v) is 5.08. The average molecular weight is 232 g/mol. The number of carbonyl (C=O) groups is 1. The van der Waals surface area contributed by atoms with Crippen molar-refractivity contribution in [1.29, 1.82) is 0 Å². The number of aromatic nitrogens is 2. The number of nitrogens with zero attached hydrogens (tertiary/aromatic N) is 2. The van der Waals surface area contributed by atoms with Crippen LogP contribution in [0.1, 0.15) is 16.1 Å². The highest BCUT2D eigenvalue weighted by atomic mass is 16.5. The Morgan fingerprint density at radius 2 is 2.29 bits per heavy atom. The Labute approximate surface area is 98.3 Å². The third-order valence-corrected chi connectivity index (χ3v) is 2.33. The standard InChI is InChI=1S/C12H12N2O3/c1-17-11-4-2-3-10(13-11)8-14-6-5-9(7-14)12(15)16/h2-7H,8H2,1H3,(H,15,16). The van der Waals surface area contributed by atoms with E-state index in [0.717, 1.165) is 5.69 Å². The van der Waals surface area contributed by atoms with Crippen molar-refractivity contribution in [2.75, 3.05) is 7.11 Å². The molecule has 0 spiro atoms. The van der Waals surface area contributed by atoms with E-state index in [4.69, 9.17) is 9.84 Å². The first-order chi connectivity index (χ1) is 8.19. The predicted octanol–water partition coefficient (Wildman–Crippen LogP) is 1.64. The smallest absolute Gasteiger partial charge is 0.337 e. The van der Waals surface area contributed by atoms with E-state index in [9.17, 15) is 4.79 Å². The Morgan fingerprint density at radius 1 is 1.47 bits per heavy atom. The summed E-state index contributed by atoms with van der Waals surface area (Å²) in [6.45, 7) is 0.518. The van der Waals surface area contributed by atoms with Crippen LogP contribution in [0.25, 0.3) is 0 Å². The Morgan fingerprint density at radius 3 is 2.94 bits per heavy atom. The van der Waals surface area contributed by atoms with Crippen LogP contribution in [0, 0.1) is 0 Å². The van der Waals surface area contributed by atoms with Crippen molar-refractivity contribution < 1.29 is 14.6 Å². The Balaban J connectivity index is 2.16. The second-order valence-corrected chi connectivity index (χ2v) is 3.55. The van der Waals surface area contributed by atoms with Gasteiger partial charge in [0.2, 0.25) is 5.88 Å². The van der Waals surface area contributed by atoms with Gasteiger partial charge in [0.1, 0.15) is 0 Å². The second-order valence-electron chi connectivity index (χ2n) is 3.55. The van der Waals surface area contributed by atoms with Gasteiger partial charge in [0, 0.05) is 18.5 Å². The summed E-state index contributed by atoms with van der Waals surface area (Å²) in [6.07, 6.45) is 3.29. The fourth-order valence-electron chi connectivity index (χ4n) is 1.51. The predicted molar refractivity (Wildman–Crippen MR) is 61.3 cm³/mol. The number of rotatable bonds is 4. The molecule has 0 amide bonds. The highest BCUT2D eigenvalue weighted by Crippen LogP contribution is 2.09. The van der Waals surface area contributed by atoms with Gasteiger partial charge in [-0.3, -0.25) is 0 Å². The summed E-state index contributed by atoms with van der Waals surface area (Å²) < 4.78 is 6.79. The molecule has 2 rings (SSSR count). The number of carboxylic acid groups (broad SMARTS) is 1. The lowest BCUT2D eigenvalue weighted by atomic mass is 10.3. The molecule has 0 saturated heterocycles. The minimum Gasteiger partial charge on any atom is -0.481 e. The molecule has 5 heteroatoms. The zero-order valence-electron chi connectivity index (χ0n) is 9.33. The summed E-state index contributed by atoms with van der Waals surface area (Å²) in [7, 11) is 1.56. The molecular weight excluding hydrogens is 220 g/mol. The zero-order valence-corrected chi connectivity index (χ0v) is 9.33. The minimum atomic E-state index is -0.928. The molecule has 0 aliphatic heterocycles. The van der Waals surface area contributed by atoms with E-state index >= 15 is 0 Å². The van der Waals surface area contributed by atoms with Crippen LogP contribution >= 0.6 is 0 Å². The van der Waals surface area contributed by atoms with E-state index in [-0.39, 0.29) is 5.56 Å². The van der Waals surface area contributed by atoms with E-state index in [1.54, 1.807) is 36.2 Å². The molecule has 0 aromatic carbocycles. The Hall–Kier alpha value is -2.30. The van der Waals surface area contributed by atoms with E-state index in [1.807, 2.05) is 12.1 Å². The van der Waals surface area contributed by atoms with Gasteiger partial charge in [-0.05, 0) is 12.1 Å². The monoisotopic (exact) mass is 232 g/mol. The molecule has 1 N–H and O–H groups in total. The highest BCUT2D eigenvalue weighted by molar-refractivity contribution is 5.87. The number of ether oxygens (including phenoxy) is 1. The molecule has 0 atom stereocenters. The van der Waals surface area contributed by atoms with Gasteiger partial charge < -0.3 is 14.4 Å². The average Bonchev–Trinajstić information content (AvgIpc) is 2.78. The molecule has 2 aromatic rings. The molecule has 17 heavy (non-hydrogen) atoms. The van der Waals surface area contributed by atoms with Gasteiger partial charge in [-0.15, -0.1) is 0 Å². The molecule has 0 fully saturated rings. The Kier molecular flexibility index (Phi) is 3.09. The van der Waals surface area contributed by atoms with E-state index < -0.39 is 5.97 Å². The van der Waals surface area contributed by atoms with Crippen molar-refractivity contribution in [3.8, 4) is 5.88 Å². The maximum absolute atomic E-state index is 10.7. The molecule has 0 radical (unpaired) electrons. The molecule has 2 aromatic heterocycles. The fourth-order valence-corrected chi connectivity index (χ4v) is 1.51. The van der Waals surface area contributed by atoms with Gasteiger partial charge in [-0.25, -0.2) is 9.78 Å². The van der Waals surface area contributed by atoms with Gasteiger partial charge in [-0.2, -0.15) is 0 Å². The first kappa shape index (κ1) is 11.2. The maximum atomic E-state index is 10.7. The SMILES string of the molecule is COc1cccc(Cn2ccc(C(=O)O)c2)n1. The number of carboxylic acids is 1. The molecule has 5 nitrogen and oxygen atoms in total. The van der Waals surface area contributed by atoms with Crippen LogP contribution in [0.3, 0.4) is 0 Å². The summed E-state index contributed by atoms with van der Waals surface area (Å²) in [5, 5.41) is 8.80. The van der Waals surface area contributed by atoms with Crippen molar-refractivity contribution in [2.24, 2.45) is 0 Å². The van der Waals surface area contributed by atoms with Gasteiger partial charge in [0.25, 0.3) is 0 Å². The third-order valence-electron chi connectivity index (χ3n) is 2.33. The zero-order chi connectivity index (χ0) is 12.3. The van der Waals surface area contributed by atoms with Gasteiger partial charge in [-0.1, -0.05) is 6.07 Å². The quantitative estimate of drug-likeness (QED) is 0.870. The van der Waals surface area contributed by atoms with Crippen molar-refractivity contribution >= 4 is 5.97 Å². The largest absolute Gasteiger partial charge is 0.481 e. The third kappa shape index (κ3) is 2.63. The number of pyridine rings is 1. The molecule has 0 unspecified atom stereocenters. The van der Waals surface area contributed by atoms with Crippen molar-refractivity contribution in [3.63, 3.8) is 0 Å². The van der Waals surface area contributed by atoms with Crippen LogP contribution in [0.2, 0.25) is 0 Å². The van der Waals surface area contributed by atoms with Crippen LogP contribution in [0.5, 0.6) is 5.88 Å². The number of methoxy groups -OCH3 is 1. The van der Waals surface area contributed by atoms with Crippen LogP contribution < -0.4 is 4.74 Å². The topological polar surface area (TPSA) is 64.3 Å². The molecule has 0 saturated carbocycles. The number of hydrogen-bond donors (Lipinski definition) is 1. The summed E-state index contributed by atoms with van der Waals surface area (Å²) >= 11 is 0. The van der Waals surface area contributed by atoms with Crippen molar-refractivity contribution in [2.45, 2.75) is 6.54 Å². The van der Waals surface area contributed by atoms with Crippen LogP contribution in [0.15, 0.2) is 36.7 Å². The molecule has 0 bridgehead atoms. The number of hydrogen-bond acceptors (Lipinski definition) is 3. The lowest BCUT2D eigenvalue weighted by Gasteiger charge is -2.04. The van der Waals surface area contributed by atoms with Gasteiger partial charge in [0.15, 0.2) is 0 Å². The Bertz CT molecular complexity index is 534. The number of aromatic carboxylic acids is 1. The maximum Gasteiger partial charge on any atom is 0.337 e. The summed E-state index contributed by atoms with van der Waals surface area (Å²) in [4.78, 5) is 15.0. The molecule has 0 aliphatic rings. The minimum absolute atomic E-state index is 0.271. The van der Waals surface area contributed by atoms with Crippen LogP contribution in [-0.2, 0) is 6.54 Å². The highest BCUT2D eigenvalue weighted by Gasteiger charge is 2.05. The first-order valence-electron chi connectivity index (χ1n) is 5.08.